The second kappa shape index (κ2) is 8.08. The quantitative estimate of drug-likeness (QED) is 0.761. The standard InChI is InChI=1S/C22H19F2NO2/c1-2-21(26)25-13-17(11-15-7-3-5-9-19(15)23)22(27)18(14-25)12-16-8-4-6-10-20(16)24/h3-12H,2,13-14H2,1H3/b17-11+,18-12+. The Balaban J connectivity index is 2.04. The number of halogens is 2. The predicted molar refractivity (Wildman–Crippen MR) is 101 cm³/mol. The maximum Gasteiger partial charge on any atom is 0.222 e. The molecular weight excluding hydrogens is 348 g/mol. The fourth-order valence-electron chi connectivity index (χ4n) is 3.00. The Bertz CT molecular complexity index is 879. The number of benzene rings is 2. The summed E-state index contributed by atoms with van der Waals surface area (Å²) < 4.78 is 28.0. The molecule has 2 aromatic carbocycles. The average molecular weight is 367 g/mol. The van der Waals surface area contributed by atoms with E-state index in [0.29, 0.717) is 11.1 Å². The zero-order valence-electron chi connectivity index (χ0n) is 14.9. The summed E-state index contributed by atoms with van der Waals surface area (Å²) >= 11 is 0. The minimum atomic E-state index is -0.448. The number of carbonyl (C=O) groups is 2. The number of hydrogen-bond donors (Lipinski definition) is 0. The highest BCUT2D eigenvalue weighted by atomic mass is 19.1. The molecule has 0 N–H and O–H groups in total. The van der Waals surface area contributed by atoms with Gasteiger partial charge in [-0.1, -0.05) is 43.3 Å². The van der Waals surface area contributed by atoms with Gasteiger partial charge in [0.25, 0.3) is 0 Å². The van der Waals surface area contributed by atoms with E-state index >= 15 is 0 Å². The summed E-state index contributed by atoms with van der Waals surface area (Å²) in [6.07, 6.45) is 3.21. The molecule has 1 amide bonds. The SMILES string of the molecule is CCC(=O)N1C/C(=C\c2ccccc2F)C(=O)/C(=C/c2ccccc2F)C1. The first kappa shape index (κ1) is 18.7. The van der Waals surface area contributed by atoms with Gasteiger partial charge < -0.3 is 4.90 Å². The number of carbonyl (C=O) groups excluding carboxylic acids is 2. The van der Waals surface area contributed by atoms with E-state index in [0.717, 1.165) is 0 Å². The Kier molecular flexibility index (Phi) is 5.60. The van der Waals surface area contributed by atoms with Crippen molar-refractivity contribution in [1.29, 1.82) is 0 Å². The Labute approximate surface area is 156 Å². The van der Waals surface area contributed by atoms with Crippen molar-refractivity contribution in [2.75, 3.05) is 13.1 Å². The summed E-state index contributed by atoms with van der Waals surface area (Å²) in [4.78, 5) is 26.6. The number of rotatable bonds is 3. The molecular formula is C22H19F2NO2. The highest BCUT2D eigenvalue weighted by molar-refractivity contribution is 6.15. The number of nitrogens with zero attached hydrogens (tertiary/aromatic N) is 1. The summed E-state index contributed by atoms with van der Waals surface area (Å²) in [5.74, 6) is -1.32. The van der Waals surface area contributed by atoms with Gasteiger partial charge in [0.05, 0.1) is 0 Å². The first-order chi connectivity index (χ1) is 13.0. The van der Waals surface area contributed by atoms with Crippen molar-refractivity contribution in [1.82, 2.24) is 4.90 Å². The molecule has 0 radical (unpaired) electrons. The number of likely N-dealkylation sites (tertiary alicyclic amines) is 1. The molecule has 0 unspecified atom stereocenters. The molecule has 1 aliphatic rings. The van der Waals surface area contributed by atoms with E-state index in [4.69, 9.17) is 0 Å². The second-order valence-electron chi connectivity index (χ2n) is 6.31. The van der Waals surface area contributed by atoms with E-state index < -0.39 is 11.6 Å². The van der Waals surface area contributed by atoms with Crippen molar-refractivity contribution in [3.05, 3.63) is 82.4 Å². The van der Waals surface area contributed by atoms with Crippen molar-refractivity contribution in [3.8, 4) is 0 Å². The average Bonchev–Trinajstić information content (AvgIpc) is 2.67. The van der Waals surface area contributed by atoms with Gasteiger partial charge in [-0.25, -0.2) is 8.78 Å². The van der Waals surface area contributed by atoms with Gasteiger partial charge in [-0.2, -0.15) is 0 Å². The molecule has 0 aliphatic carbocycles. The first-order valence-corrected chi connectivity index (χ1v) is 8.72. The summed E-state index contributed by atoms with van der Waals surface area (Å²) in [7, 11) is 0. The molecule has 3 rings (SSSR count). The van der Waals surface area contributed by atoms with Crippen molar-refractivity contribution in [2.24, 2.45) is 0 Å². The van der Waals surface area contributed by atoms with E-state index in [2.05, 4.69) is 0 Å². The molecule has 1 aliphatic heterocycles. The van der Waals surface area contributed by atoms with Crippen LogP contribution in [0.5, 0.6) is 0 Å². The molecule has 27 heavy (non-hydrogen) atoms. The lowest BCUT2D eigenvalue weighted by Crippen LogP contribution is -2.41. The number of ketones is 1. The molecule has 0 atom stereocenters. The fourth-order valence-corrected chi connectivity index (χ4v) is 3.00. The van der Waals surface area contributed by atoms with Crippen LogP contribution in [-0.2, 0) is 9.59 Å². The second-order valence-corrected chi connectivity index (χ2v) is 6.31. The molecule has 1 fully saturated rings. The van der Waals surface area contributed by atoms with Crippen LogP contribution in [0.2, 0.25) is 0 Å². The van der Waals surface area contributed by atoms with Gasteiger partial charge in [0.1, 0.15) is 11.6 Å². The van der Waals surface area contributed by atoms with E-state index in [1.54, 1.807) is 43.3 Å². The van der Waals surface area contributed by atoms with Gasteiger partial charge in [-0.05, 0) is 24.3 Å². The Hall–Kier alpha value is -3.08. The molecule has 0 saturated carbocycles. The van der Waals surface area contributed by atoms with Gasteiger partial charge in [0.2, 0.25) is 5.91 Å². The number of amides is 1. The summed E-state index contributed by atoms with van der Waals surface area (Å²) in [5.41, 5.74) is 1.15. The lowest BCUT2D eigenvalue weighted by Gasteiger charge is -2.29. The van der Waals surface area contributed by atoms with Crippen LogP contribution < -0.4 is 0 Å². The van der Waals surface area contributed by atoms with Crippen LogP contribution in [0.25, 0.3) is 12.2 Å². The molecule has 0 aromatic heterocycles. The van der Waals surface area contributed by atoms with Crippen LogP contribution in [0, 0.1) is 11.6 Å². The Morgan fingerprint density at radius 1 is 0.926 bits per heavy atom. The number of Topliss-reactive ketones (excluding diaryl/α,β-unsaturated/α-hetero) is 1. The highest BCUT2D eigenvalue weighted by Crippen LogP contribution is 2.24. The summed E-state index contributed by atoms with van der Waals surface area (Å²) in [6.45, 7) is 1.95. The zero-order valence-corrected chi connectivity index (χ0v) is 14.9. The van der Waals surface area contributed by atoms with E-state index in [-0.39, 0.29) is 42.3 Å². The van der Waals surface area contributed by atoms with Crippen molar-refractivity contribution >= 4 is 23.8 Å². The van der Waals surface area contributed by atoms with Crippen molar-refractivity contribution in [2.45, 2.75) is 13.3 Å². The number of hydrogen-bond acceptors (Lipinski definition) is 2. The third-order valence-electron chi connectivity index (χ3n) is 4.43. The van der Waals surface area contributed by atoms with Crippen LogP contribution in [0.3, 0.4) is 0 Å². The van der Waals surface area contributed by atoms with Gasteiger partial charge in [0.15, 0.2) is 5.78 Å². The normalized spacial score (nSPS) is 17.6. The largest absolute Gasteiger partial charge is 0.334 e. The fraction of sp³-hybridized carbons (Fsp3) is 0.182. The van der Waals surface area contributed by atoms with Crippen LogP contribution >= 0.6 is 0 Å². The topological polar surface area (TPSA) is 37.4 Å². The van der Waals surface area contributed by atoms with Crippen LogP contribution in [0.1, 0.15) is 24.5 Å². The van der Waals surface area contributed by atoms with Gasteiger partial charge in [0, 0.05) is 41.8 Å². The molecule has 0 bridgehead atoms. The van der Waals surface area contributed by atoms with E-state index in [9.17, 15) is 18.4 Å². The van der Waals surface area contributed by atoms with Crippen LogP contribution in [0.4, 0.5) is 8.78 Å². The zero-order chi connectivity index (χ0) is 19.4. The van der Waals surface area contributed by atoms with Crippen LogP contribution in [-0.4, -0.2) is 29.7 Å². The maximum absolute atomic E-state index is 14.0. The molecule has 0 spiro atoms. The third kappa shape index (κ3) is 4.19. The van der Waals surface area contributed by atoms with Gasteiger partial charge in [-0.3, -0.25) is 9.59 Å². The predicted octanol–water partition coefficient (Wildman–Crippen LogP) is 4.25. The lowest BCUT2D eigenvalue weighted by atomic mass is 9.94. The molecule has 1 saturated heterocycles. The minimum absolute atomic E-state index is 0.106. The van der Waals surface area contributed by atoms with E-state index in [1.807, 2.05) is 0 Å². The highest BCUT2D eigenvalue weighted by Gasteiger charge is 2.28. The van der Waals surface area contributed by atoms with Gasteiger partial charge >= 0.3 is 0 Å². The van der Waals surface area contributed by atoms with Crippen molar-refractivity contribution in [3.63, 3.8) is 0 Å². The summed E-state index contributed by atoms with van der Waals surface area (Å²) in [6, 6.07) is 12.2. The van der Waals surface area contributed by atoms with Crippen molar-refractivity contribution < 1.29 is 18.4 Å². The lowest BCUT2D eigenvalue weighted by molar-refractivity contribution is -0.131. The Morgan fingerprint density at radius 2 is 1.37 bits per heavy atom. The molecule has 138 valence electrons. The maximum atomic E-state index is 14.0. The molecule has 2 aromatic rings. The minimum Gasteiger partial charge on any atom is -0.334 e. The molecule has 3 nitrogen and oxygen atoms in total. The molecule has 5 heteroatoms. The Morgan fingerprint density at radius 3 is 1.78 bits per heavy atom. The van der Waals surface area contributed by atoms with Gasteiger partial charge in [-0.15, -0.1) is 0 Å². The first-order valence-electron chi connectivity index (χ1n) is 8.72. The molecule has 1 heterocycles. The third-order valence-corrected chi connectivity index (χ3v) is 4.43. The summed E-state index contributed by atoms with van der Waals surface area (Å²) in [5, 5.41) is 0. The van der Waals surface area contributed by atoms with Crippen LogP contribution in [0.15, 0.2) is 59.7 Å². The van der Waals surface area contributed by atoms with E-state index in [1.165, 1.54) is 29.2 Å². The smallest absolute Gasteiger partial charge is 0.222 e. The monoisotopic (exact) mass is 367 g/mol. The number of piperidine rings is 1.